The van der Waals surface area contributed by atoms with Crippen molar-refractivity contribution in [3.63, 3.8) is 0 Å². The van der Waals surface area contributed by atoms with Crippen molar-refractivity contribution in [3.8, 4) is 0 Å². The Labute approximate surface area is 122 Å². The number of ether oxygens (including phenoxy) is 1. The van der Waals surface area contributed by atoms with Gasteiger partial charge in [0, 0.05) is 25.7 Å². The molecule has 0 spiro atoms. The van der Waals surface area contributed by atoms with Gasteiger partial charge in [-0.2, -0.15) is 0 Å². The number of anilines is 2. The molecule has 1 fully saturated rings. The Bertz CT molecular complexity index is 488. The molecule has 21 heavy (non-hydrogen) atoms. The van der Waals surface area contributed by atoms with Crippen molar-refractivity contribution in [2.45, 2.75) is 32.5 Å². The molecule has 7 heteroatoms. The molecule has 2 rings (SSSR count). The molecule has 2 unspecified atom stereocenters. The van der Waals surface area contributed by atoms with Crippen molar-refractivity contribution in [1.29, 1.82) is 0 Å². The molecule has 2 heterocycles. The Balaban J connectivity index is 2.25. The van der Waals surface area contributed by atoms with Crippen LogP contribution in [-0.2, 0) is 4.74 Å². The van der Waals surface area contributed by atoms with Crippen molar-refractivity contribution in [1.82, 2.24) is 4.98 Å². The van der Waals surface area contributed by atoms with E-state index in [0.717, 1.165) is 12.5 Å². The molecule has 2 N–H and O–H groups in total. The number of pyridine rings is 1. The molecule has 118 valence electrons. The number of aromatic nitrogens is 1. The van der Waals surface area contributed by atoms with Crippen molar-refractivity contribution >= 4 is 11.6 Å². The fourth-order valence-corrected chi connectivity index (χ4v) is 2.37. The van der Waals surface area contributed by atoms with E-state index in [-0.39, 0.29) is 24.3 Å². The maximum atomic E-state index is 14.0. The zero-order valence-corrected chi connectivity index (χ0v) is 12.3. The molecule has 0 saturated carbocycles. The van der Waals surface area contributed by atoms with Gasteiger partial charge in [0.25, 0.3) is 0 Å². The maximum Gasteiger partial charge on any atom is 0.168 e. The van der Waals surface area contributed by atoms with Crippen LogP contribution in [0.15, 0.2) is 6.07 Å². The van der Waals surface area contributed by atoms with Gasteiger partial charge in [-0.3, -0.25) is 0 Å². The third kappa shape index (κ3) is 3.79. The first-order chi connectivity index (χ1) is 10.0. The number of morpholine rings is 1. The predicted octanol–water partition coefficient (Wildman–Crippen LogP) is 1.77. The predicted molar refractivity (Wildman–Crippen MR) is 76.6 cm³/mol. The van der Waals surface area contributed by atoms with Gasteiger partial charge in [-0.25, -0.2) is 13.8 Å². The summed E-state index contributed by atoms with van der Waals surface area (Å²) in [5.74, 6) is -1.28. The van der Waals surface area contributed by atoms with Crippen molar-refractivity contribution in [2.24, 2.45) is 0 Å². The number of hydrogen-bond acceptors (Lipinski definition) is 5. The Morgan fingerprint density at radius 3 is 2.86 bits per heavy atom. The van der Waals surface area contributed by atoms with Gasteiger partial charge in [-0.15, -0.1) is 0 Å². The van der Waals surface area contributed by atoms with Crippen molar-refractivity contribution in [3.05, 3.63) is 17.7 Å². The number of aliphatic hydroxyl groups is 1. The third-order valence-corrected chi connectivity index (χ3v) is 3.28. The van der Waals surface area contributed by atoms with Gasteiger partial charge < -0.3 is 20.1 Å². The fourth-order valence-electron chi connectivity index (χ4n) is 2.37. The van der Waals surface area contributed by atoms with E-state index in [1.807, 2.05) is 13.8 Å². The standard InChI is InChI=1S/C14H21F2N3O2/c1-3-4-17-13-11(15)5-12(16)14(18-13)19-6-9(2)21-10(7-19)8-20/h5,9-10,20H,3-4,6-8H2,1-2H3,(H,17,18). The topological polar surface area (TPSA) is 57.6 Å². The largest absolute Gasteiger partial charge is 0.394 e. The second-order valence-corrected chi connectivity index (χ2v) is 5.21. The van der Waals surface area contributed by atoms with Gasteiger partial charge in [-0.05, 0) is 13.3 Å². The van der Waals surface area contributed by atoms with Crippen LogP contribution >= 0.6 is 0 Å². The van der Waals surface area contributed by atoms with Crippen LogP contribution in [-0.4, -0.2) is 48.5 Å². The Morgan fingerprint density at radius 1 is 1.43 bits per heavy atom. The summed E-state index contributed by atoms with van der Waals surface area (Å²) in [6.45, 7) is 4.97. The van der Waals surface area contributed by atoms with Crippen molar-refractivity contribution < 1.29 is 18.6 Å². The van der Waals surface area contributed by atoms with Crippen molar-refractivity contribution in [2.75, 3.05) is 36.5 Å². The highest BCUT2D eigenvalue weighted by Gasteiger charge is 2.28. The Kier molecular flexibility index (Phi) is 5.30. The van der Waals surface area contributed by atoms with E-state index >= 15 is 0 Å². The van der Waals surface area contributed by atoms with Gasteiger partial charge in [0.05, 0.1) is 18.8 Å². The van der Waals surface area contributed by atoms with Crippen LogP contribution in [0.25, 0.3) is 0 Å². The summed E-state index contributed by atoms with van der Waals surface area (Å²) in [7, 11) is 0. The highest BCUT2D eigenvalue weighted by Crippen LogP contribution is 2.25. The van der Waals surface area contributed by atoms with E-state index in [9.17, 15) is 13.9 Å². The number of rotatable bonds is 5. The van der Waals surface area contributed by atoms with Gasteiger partial charge in [0.2, 0.25) is 0 Å². The summed E-state index contributed by atoms with van der Waals surface area (Å²) in [5.41, 5.74) is 0. The molecule has 1 saturated heterocycles. The first kappa shape index (κ1) is 15.9. The van der Waals surface area contributed by atoms with Crippen LogP contribution in [0.1, 0.15) is 20.3 Å². The van der Waals surface area contributed by atoms with Gasteiger partial charge in [0.15, 0.2) is 23.3 Å². The summed E-state index contributed by atoms with van der Waals surface area (Å²) in [6, 6.07) is 0.842. The highest BCUT2D eigenvalue weighted by atomic mass is 19.1. The lowest BCUT2D eigenvalue weighted by Gasteiger charge is -2.37. The molecule has 2 atom stereocenters. The average molecular weight is 301 g/mol. The molecular formula is C14H21F2N3O2. The monoisotopic (exact) mass is 301 g/mol. The van der Waals surface area contributed by atoms with E-state index in [0.29, 0.717) is 19.6 Å². The van der Waals surface area contributed by atoms with E-state index in [1.54, 1.807) is 4.90 Å². The van der Waals surface area contributed by atoms with Crippen LogP contribution in [0.4, 0.5) is 20.4 Å². The quantitative estimate of drug-likeness (QED) is 0.868. The molecule has 1 aromatic rings. The van der Waals surface area contributed by atoms with E-state index in [4.69, 9.17) is 4.74 Å². The molecule has 0 bridgehead atoms. The lowest BCUT2D eigenvalue weighted by atomic mass is 10.2. The number of aliphatic hydroxyl groups excluding tert-OH is 1. The summed E-state index contributed by atoms with van der Waals surface area (Å²) in [4.78, 5) is 5.75. The second-order valence-electron chi connectivity index (χ2n) is 5.21. The van der Waals surface area contributed by atoms with Gasteiger partial charge >= 0.3 is 0 Å². The molecule has 0 aliphatic carbocycles. The van der Waals surface area contributed by atoms with Crippen LogP contribution in [0.5, 0.6) is 0 Å². The molecule has 5 nitrogen and oxygen atoms in total. The van der Waals surface area contributed by atoms with Crippen LogP contribution in [0.2, 0.25) is 0 Å². The minimum atomic E-state index is -0.708. The van der Waals surface area contributed by atoms with Crippen LogP contribution < -0.4 is 10.2 Å². The lowest BCUT2D eigenvalue weighted by molar-refractivity contribution is -0.0424. The minimum Gasteiger partial charge on any atom is -0.394 e. The molecule has 0 radical (unpaired) electrons. The van der Waals surface area contributed by atoms with Crippen LogP contribution in [0, 0.1) is 11.6 Å². The van der Waals surface area contributed by atoms with E-state index in [2.05, 4.69) is 10.3 Å². The number of halogens is 2. The third-order valence-electron chi connectivity index (χ3n) is 3.28. The number of hydrogen-bond donors (Lipinski definition) is 2. The molecule has 1 aliphatic heterocycles. The number of nitrogens with one attached hydrogen (secondary N) is 1. The SMILES string of the molecule is CCCNc1nc(N2CC(C)OC(CO)C2)c(F)cc1F. The summed E-state index contributed by atoms with van der Waals surface area (Å²) in [5, 5.41) is 12.1. The fraction of sp³-hybridized carbons (Fsp3) is 0.643. The Morgan fingerprint density at radius 2 is 2.19 bits per heavy atom. The van der Waals surface area contributed by atoms with E-state index < -0.39 is 17.7 Å². The Hall–Kier alpha value is -1.47. The first-order valence-corrected chi connectivity index (χ1v) is 7.16. The van der Waals surface area contributed by atoms with Gasteiger partial charge in [-0.1, -0.05) is 6.92 Å². The smallest absolute Gasteiger partial charge is 0.168 e. The average Bonchev–Trinajstić information content (AvgIpc) is 2.45. The zero-order valence-electron chi connectivity index (χ0n) is 12.3. The second kappa shape index (κ2) is 7.00. The summed E-state index contributed by atoms with van der Waals surface area (Å²) in [6.07, 6.45) is 0.260. The van der Waals surface area contributed by atoms with Crippen LogP contribution in [0.3, 0.4) is 0 Å². The molecule has 1 aliphatic rings. The van der Waals surface area contributed by atoms with E-state index in [1.165, 1.54) is 0 Å². The maximum absolute atomic E-state index is 14.0. The molecule has 0 aromatic carbocycles. The minimum absolute atomic E-state index is 0.0490. The van der Waals surface area contributed by atoms with Gasteiger partial charge in [0.1, 0.15) is 0 Å². The first-order valence-electron chi connectivity index (χ1n) is 7.16. The molecular weight excluding hydrogens is 280 g/mol. The zero-order chi connectivity index (χ0) is 15.4. The normalized spacial score (nSPS) is 22.4. The summed E-state index contributed by atoms with van der Waals surface area (Å²) < 4.78 is 33.2. The highest BCUT2D eigenvalue weighted by molar-refractivity contribution is 5.49. The summed E-state index contributed by atoms with van der Waals surface area (Å²) >= 11 is 0. The number of nitrogens with zero attached hydrogens (tertiary/aromatic N) is 2. The molecule has 1 aromatic heterocycles. The molecule has 0 amide bonds. The lowest BCUT2D eigenvalue weighted by Crippen LogP contribution is -2.48.